The van der Waals surface area contributed by atoms with E-state index in [1.54, 1.807) is 20.3 Å². The van der Waals surface area contributed by atoms with Crippen molar-refractivity contribution in [3.05, 3.63) is 12.7 Å². The van der Waals surface area contributed by atoms with Crippen LogP contribution in [0.25, 0.3) is 0 Å². The fraction of sp³-hybridized carbons (Fsp3) is 0.765. The molecule has 0 radical (unpaired) electrons. The molecule has 5 heteroatoms. The summed E-state index contributed by atoms with van der Waals surface area (Å²) in [6.45, 7) is 10.7. The first-order valence-electron chi connectivity index (χ1n) is 7.73. The Morgan fingerprint density at radius 3 is 2.59 bits per heavy atom. The van der Waals surface area contributed by atoms with Gasteiger partial charge in [-0.1, -0.05) is 26.8 Å². The van der Waals surface area contributed by atoms with E-state index in [2.05, 4.69) is 32.3 Å². The number of methoxy groups -OCH3 is 2. The number of carbonyl (C=O) groups excluding carboxylic acids is 1. The summed E-state index contributed by atoms with van der Waals surface area (Å²) in [5.41, 5.74) is -1.28. The van der Waals surface area contributed by atoms with Gasteiger partial charge in [0.25, 0.3) is 0 Å². The van der Waals surface area contributed by atoms with Gasteiger partial charge >= 0.3 is 5.97 Å². The van der Waals surface area contributed by atoms with Gasteiger partial charge in [0, 0.05) is 17.9 Å². The third-order valence-electron chi connectivity index (χ3n) is 5.76. The summed E-state index contributed by atoms with van der Waals surface area (Å²) in [5, 5.41) is 0. The number of esters is 1. The van der Waals surface area contributed by atoms with Crippen LogP contribution < -0.4 is 0 Å². The Balaban J connectivity index is 2.47. The van der Waals surface area contributed by atoms with E-state index in [4.69, 9.17) is 14.2 Å². The van der Waals surface area contributed by atoms with Crippen molar-refractivity contribution in [2.45, 2.75) is 51.7 Å². The fourth-order valence-corrected chi connectivity index (χ4v) is 3.79. The lowest BCUT2D eigenvalue weighted by Gasteiger charge is -2.48. The molecule has 1 heterocycles. The molecule has 1 saturated carbocycles. The second-order valence-corrected chi connectivity index (χ2v) is 7.05. The maximum atomic E-state index is 12.4. The molecule has 0 aromatic carbocycles. The Hall–Kier alpha value is -1.36. The second-order valence-electron chi connectivity index (χ2n) is 7.05. The molecule has 0 unspecified atom stereocenters. The van der Waals surface area contributed by atoms with Gasteiger partial charge in [-0.3, -0.25) is 0 Å². The van der Waals surface area contributed by atoms with Crippen molar-refractivity contribution in [2.75, 3.05) is 20.8 Å². The molecule has 2 rings (SSSR count). The van der Waals surface area contributed by atoms with Crippen molar-refractivity contribution >= 4 is 11.9 Å². The summed E-state index contributed by atoms with van der Waals surface area (Å²) in [7, 11) is 3.29. The first-order valence-corrected chi connectivity index (χ1v) is 7.73. The molecule has 1 spiro atoms. The zero-order chi connectivity index (χ0) is 16.6. The van der Waals surface area contributed by atoms with Crippen LogP contribution in [0.1, 0.15) is 40.0 Å². The maximum Gasteiger partial charge on any atom is 0.332 e. The third-order valence-corrected chi connectivity index (χ3v) is 5.76. The molecule has 124 valence electrons. The number of hydrogen-bond donors (Lipinski definition) is 0. The minimum atomic E-state index is -0.816. The highest BCUT2D eigenvalue weighted by molar-refractivity contribution is 5.95. The minimum Gasteiger partial charge on any atom is -0.481 e. The Labute approximate surface area is 132 Å². The number of ether oxygens (including phenoxy) is 3. The van der Waals surface area contributed by atoms with Crippen LogP contribution in [-0.2, 0) is 19.0 Å². The van der Waals surface area contributed by atoms with Crippen molar-refractivity contribution in [1.29, 1.82) is 0 Å². The molecular formula is C17H27NO4. The summed E-state index contributed by atoms with van der Waals surface area (Å²) >= 11 is 0. The highest BCUT2D eigenvalue weighted by Gasteiger charge is 2.67. The van der Waals surface area contributed by atoms with Crippen molar-refractivity contribution in [3.8, 4) is 0 Å². The molecule has 0 bridgehead atoms. The first kappa shape index (κ1) is 17.0. The number of rotatable bonds is 4. The van der Waals surface area contributed by atoms with Crippen molar-refractivity contribution in [3.63, 3.8) is 0 Å². The predicted molar refractivity (Wildman–Crippen MR) is 84.9 cm³/mol. The highest BCUT2D eigenvalue weighted by Crippen LogP contribution is 2.61. The number of nitrogens with zero attached hydrogens (tertiary/aromatic N) is 1. The van der Waals surface area contributed by atoms with Crippen LogP contribution in [0.2, 0.25) is 0 Å². The Kier molecular flexibility index (Phi) is 4.39. The summed E-state index contributed by atoms with van der Waals surface area (Å²) in [6.07, 6.45) is 3.71. The molecule has 22 heavy (non-hydrogen) atoms. The van der Waals surface area contributed by atoms with E-state index in [-0.39, 0.29) is 16.8 Å². The largest absolute Gasteiger partial charge is 0.481 e. The van der Waals surface area contributed by atoms with Gasteiger partial charge in [0.15, 0.2) is 11.6 Å². The molecular weight excluding hydrogens is 282 g/mol. The molecule has 5 nitrogen and oxygen atoms in total. The van der Waals surface area contributed by atoms with Crippen LogP contribution in [0.15, 0.2) is 17.6 Å². The zero-order valence-electron chi connectivity index (χ0n) is 14.3. The SMILES string of the molecule is C=CC[C@H]1N=C(OC)[C@@]2(CC[C@@](C)(COC)C2(C)C)OC1=O. The summed E-state index contributed by atoms with van der Waals surface area (Å²) in [4.78, 5) is 16.9. The van der Waals surface area contributed by atoms with E-state index in [1.165, 1.54) is 0 Å². The summed E-state index contributed by atoms with van der Waals surface area (Å²) in [6, 6.07) is -0.553. The normalized spacial score (nSPS) is 36.9. The third kappa shape index (κ3) is 2.18. The topological polar surface area (TPSA) is 57.1 Å². The average Bonchev–Trinajstić information content (AvgIpc) is 2.64. The molecule has 0 aromatic rings. The van der Waals surface area contributed by atoms with E-state index in [1.807, 2.05) is 0 Å². The quantitative estimate of drug-likeness (QED) is 0.592. The van der Waals surface area contributed by atoms with Crippen molar-refractivity contribution in [1.82, 2.24) is 0 Å². The average molecular weight is 309 g/mol. The zero-order valence-corrected chi connectivity index (χ0v) is 14.3. The van der Waals surface area contributed by atoms with Crippen LogP contribution in [-0.4, -0.2) is 44.3 Å². The Morgan fingerprint density at radius 2 is 2.05 bits per heavy atom. The number of hydrogen-bond acceptors (Lipinski definition) is 5. The number of carbonyl (C=O) groups is 1. The molecule has 0 N–H and O–H groups in total. The van der Waals surface area contributed by atoms with Gasteiger partial charge in [-0.05, 0) is 19.3 Å². The van der Waals surface area contributed by atoms with Crippen LogP contribution >= 0.6 is 0 Å². The lowest BCUT2D eigenvalue weighted by molar-refractivity contribution is -0.172. The Morgan fingerprint density at radius 1 is 1.36 bits per heavy atom. The lowest BCUT2D eigenvalue weighted by atomic mass is 9.63. The second kappa shape index (κ2) is 5.69. The number of aliphatic imine (C=N–C) groups is 1. The minimum absolute atomic E-state index is 0.118. The van der Waals surface area contributed by atoms with Gasteiger partial charge in [0.05, 0.1) is 13.7 Å². The molecule has 3 atom stereocenters. The van der Waals surface area contributed by atoms with Gasteiger partial charge < -0.3 is 14.2 Å². The van der Waals surface area contributed by atoms with Crippen molar-refractivity contribution < 1.29 is 19.0 Å². The van der Waals surface area contributed by atoms with E-state index >= 15 is 0 Å². The summed E-state index contributed by atoms with van der Waals surface area (Å²) in [5.74, 6) is 0.221. The molecule has 0 amide bonds. The van der Waals surface area contributed by atoms with E-state index in [0.29, 0.717) is 25.3 Å². The Bertz CT molecular complexity index is 499. The van der Waals surface area contributed by atoms with Gasteiger partial charge in [-0.25, -0.2) is 9.79 Å². The smallest absolute Gasteiger partial charge is 0.332 e. The standard InChI is InChI=1S/C17H27NO4/c1-7-8-12-13(19)22-17(14(18-12)21-6)10-9-16(4,11-20-5)15(17,2)3/h7,12H,1,8-11H2,2-6H3/t12-,16+,17-/m1/s1. The monoisotopic (exact) mass is 309 g/mol. The maximum absolute atomic E-state index is 12.4. The van der Waals surface area contributed by atoms with Gasteiger partial charge in [-0.2, -0.15) is 0 Å². The molecule has 1 fully saturated rings. The fourth-order valence-electron chi connectivity index (χ4n) is 3.79. The van der Waals surface area contributed by atoms with Crippen LogP contribution in [0.5, 0.6) is 0 Å². The predicted octanol–water partition coefficient (Wildman–Crippen LogP) is 2.74. The molecule has 0 aromatic heterocycles. The van der Waals surface area contributed by atoms with Gasteiger partial charge in [0.1, 0.15) is 0 Å². The highest BCUT2D eigenvalue weighted by atomic mass is 16.6. The molecule has 2 aliphatic rings. The molecule has 1 aliphatic carbocycles. The molecule has 0 saturated heterocycles. The van der Waals surface area contributed by atoms with E-state index in [0.717, 1.165) is 6.42 Å². The first-order chi connectivity index (χ1) is 10.3. The van der Waals surface area contributed by atoms with Crippen LogP contribution in [0, 0.1) is 10.8 Å². The summed E-state index contributed by atoms with van der Waals surface area (Å²) < 4.78 is 16.9. The van der Waals surface area contributed by atoms with E-state index < -0.39 is 11.6 Å². The molecule has 1 aliphatic heterocycles. The van der Waals surface area contributed by atoms with Crippen LogP contribution in [0.4, 0.5) is 0 Å². The van der Waals surface area contributed by atoms with Crippen molar-refractivity contribution in [2.24, 2.45) is 15.8 Å². The van der Waals surface area contributed by atoms with Crippen LogP contribution in [0.3, 0.4) is 0 Å². The lowest BCUT2D eigenvalue weighted by Crippen LogP contribution is -2.59. The van der Waals surface area contributed by atoms with Gasteiger partial charge in [-0.15, -0.1) is 6.58 Å². The van der Waals surface area contributed by atoms with Gasteiger partial charge in [0.2, 0.25) is 5.90 Å². The van der Waals surface area contributed by atoms with E-state index in [9.17, 15) is 4.79 Å².